The molecule has 0 atom stereocenters. The van der Waals surface area contributed by atoms with Crippen molar-refractivity contribution in [3.8, 4) is 16.9 Å². The SMILES string of the molecule is Cc1ccc(C(=O)Nc2ccc3c(c2)-c2c(c(C(N)=O)nn2-c2ccc(S(N)(=O)=O)cc2)CC3)cc1. The Labute approximate surface area is 207 Å². The number of sulfonamides is 1. The Bertz CT molecular complexity index is 1620. The number of aromatic nitrogens is 2. The van der Waals surface area contributed by atoms with Crippen LogP contribution in [-0.2, 0) is 22.9 Å². The lowest BCUT2D eigenvalue weighted by Crippen LogP contribution is -2.15. The van der Waals surface area contributed by atoms with E-state index in [1.54, 1.807) is 28.9 Å². The molecule has 1 heterocycles. The summed E-state index contributed by atoms with van der Waals surface area (Å²) in [7, 11) is -3.86. The van der Waals surface area contributed by atoms with Crippen LogP contribution in [0.3, 0.4) is 0 Å². The van der Waals surface area contributed by atoms with Gasteiger partial charge in [0.05, 0.1) is 16.3 Å². The molecular weight excluding hydrogens is 478 g/mol. The van der Waals surface area contributed by atoms with Crippen LogP contribution in [-0.4, -0.2) is 30.0 Å². The molecule has 5 N–H and O–H groups in total. The van der Waals surface area contributed by atoms with Crippen LogP contribution in [0.4, 0.5) is 5.69 Å². The molecule has 0 fully saturated rings. The van der Waals surface area contributed by atoms with Crippen LogP contribution in [0.15, 0.2) is 71.6 Å². The normalized spacial score (nSPS) is 12.5. The summed E-state index contributed by atoms with van der Waals surface area (Å²) in [6.07, 6.45) is 1.23. The Balaban J connectivity index is 1.59. The van der Waals surface area contributed by atoms with E-state index in [0.717, 1.165) is 16.7 Å². The Kier molecular flexibility index (Phi) is 5.70. The number of fused-ring (bicyclic) bond motifs is 3. The predicted octanol–water partition coefficient (Wildman–Crippen LogP) is 2.94. The standard InChI is InChI=1S/C26H23N5O4S/c1-15-2-4-17(5-3-15)26(33)29-18-8-6-16-7-13-21-23(25(27)32)30-31(24(21)22(16)14-18)19-9-11-20(12-10-19)36(28,34)35/h2-6,8-12,14H,7,13H2,1H3,(H2,27,32)(H,29,33)(H2,28,34,35). The van der Waals surface area contributed by atoms with E-state index in [1.165, 1.54) is 12.1 Å². The summed E-state index contributed by atoms with van der Waals surface area (Å²) in [4.78, 5) is 24.9. The number of aryl methyl sites for hydroxylation is 2. The highest BCUT2D eigenvalue weighted by Gasteiger charge is 2.28. The lowest BCUT2D eigenvalue weighted by molar-refractivity contribution is 0.0992. The van der Waals surface area contributed by atoms with Crippen LogP contribution in [0, 0.1) is 6.92 Å². The lowest BCUT2D eigenvalue weighted by atomic mass is 9.88. The van der Waals surface area contributed by atoms with E-state index in [-0.39, 0.29) is 16.5 Å². The minimum atomic E-state index is -3.86. The highest BCUT2D eigenvalue weighted by atomic mass is 32.2. The van der Waals surface area contributed by atoms with Gasteiger partial charge in [-0.15, -0.1) is 0 Å². The van der Waals surface area contributed by atoms with Crippen LogP contribution in [0.1, 0.15) is 37.5 Å². The summed E-state index contributed by atoms with van der Waals surface area (Å²) < 4.78 is 24.9. The number of nitrogens with one attached hydrogen (secondary N) is 1. The van der Waals surface area contributed by atoms with E-state index in [2.05, 4.69) is 10.4 Å². The first-order chi connectivity index (χ1) is 17.1. The number of carbonyl (C=O) groups is 2. The van der Waals surface area contributed by atoms with Gasteiger partial charge in [0, 0.05) is 22.4 Å². The second-order valence-electron chi connectivity index (χ2n) is 8.68. The summed E-state index contributed by atoms with van der Waals surface area (Å²) in [5, 5.41) is 12.6. The summed E-state index contributed by atoms with van der Waals surface area (Å²) >= 11 is 0. The molecule has 1 aromatic heterocycles. The highest BCUT2D eigenvalue weighted by Crippen LogP contribution is 2.38. The Morgan fingerprint density at radius 3 is 2.31 bits per heavy atom. The average Bonchev–Trinajstić information content (AvgIpc) is 3.24. The van der Waals surface area contributed by atoms with Gasteiger partial charge < -0.3 is 11.1 Å². The zero-order valence-electron chi connectivity index (χ0n) is 19.4. The number of hydrogen-bond donors (Lipinski definition) is 3. The number of carbonyl (C=O) groups excluding carboxylic acids is 2. The van der Waals surface area contributed by atoms with Crippen LogP contribution in [0.2, 0.25) is 0 Å². The maximum atomic E-state index is 12.8. The first kappa shape index (κ1) is 23.5. The van der Waals surface area contributed by atoms with Crippen molar-refractivity contribution >= 4 is 27.5 Å². The van der Waals surface area contributed by atoms with Crippen molar-refractivity contribution < 1.29 is 18.0 Å². The molecule has 0 aliphatic heterocycles. The number of nitrogens with two attached hydrogens (primary N) is 2. The van der Waals surface area contributed by atoms with Gasteiger partial charge in [0.2, 0.25) is 10.0 Å². The van der Waals surface area contributed by atoms with Crippen molar-refractivity contribution in [3.05, 3.63) is 94.7 Å². The van der Waals surface area contributed by atoms with Crippen molar-refractivity contribution in [3.63, 3.8) is 0 Å². The van der Waals surface area contributed by atoms with Gasteiger partial charge in [0.15, 0.2) is 5.69 Å². The monoisotopic (exact) mass is 501 g/mol. The second kappa shape index (κ2) is 8.74. The lowest BCUT2D eigenvalue weighted by Gasteiger charge is -2.20. The number of primary amides is 1. The van der Waals surface area contributed by atoms with Gasteiger partial charge in [-0.2, -0.15) is 5.10 Å². The molecule has 182 valence electrons. The van der Waals surface area contributed by atoms with Crippen molar-refractivity contribution in [1.82, 2.24) is 9.78 Å². The van der Waals surface area contributed by atoms with Gasteiger partial charge in [0.25, 0.3) is 11.8 Å². The first-order valence-electron chi connectivity index (χ1n) is 11.2. The molecule has 3 aromatic carbocycles. The zero-order chi connectivity index (χ0) is 25.6. The van der Waals surface area contributed by atoms with Crippen molar-refractivity contribution in [2.24, 2.45) is 10.9 Å². The van der Waals surface area contributed by atoms with Gasteiger partial charge in [0.1, 0.15) is 0 Å². The second-order valence-corrected chi connectivity index (χ2v) is 10.2. The van der Waals surface area contributed by atoms with Crippen molar-refractivity contribution in [2.45, 2.75) is 24.7 Å². The highest BCUT2D eigenvalue weighted by molar-refractivity contribution is 7.89. The molecule has 0 spiro atoms. The topological polar surface area (TPSA) is 150 Å². The molecular formula is C26H23N5O4S. The number of primary sulfonamides is 1. The molecule has 1 aliphatic rings. The molecule has 0 radical (unpaired) electrons. The van der Waals surface area contributed by atoms with Crippen LogP contribution in [0.25, 0.3) is 16.9 Å². The molecule has 10 heteroatoms. The third-order valence-corrected chi connectivity index (χ3v) is 7.14. The summed E-state index contributed by atoms with van der Waals surface area (Å²) in [6, 6.07) is 18.8. The fourth-order valence-electron chi connectivity index (χ4n) is 4.39. The van der Waals surface area contributed by atoms with E-state index >= 15 is 0 Å². The predicted molar refractivity (Wildman–Crippen MR) is 135 cm³/mol. The third-order valence-electron chi connectivity index (χ3n) is 6.21. The van der Waals surface area contributed by atoms with Gasteiger partial charge in [-0.05, 0) is 73.9 Å². The van der Waals surface area contributed by atoms with Crippen molar-refractivity contribution in [2.75, 3.05) is 5.32 Å². The summed E-state index contributed by atoms with van der Waals surface area (Å²) in [5.41, 5.74) is 11.7. The van der Waals surface area contributed by atoms with Crippen molar-refractivity contribution in [1.29, 1.82) is 0 Å². The number of hydrogen-bond acceptors (Lipinski definition) is 5. The average molecular weight is 502 g/mol. The Morgan fingerprint density at radius 2 is 1.67 bits per heavy atom. The molecule has 36 heavy (non-hydrogen) atoms. The zero-order valence-corrected chi connectivity index (χ0v) is 20.2. The smallest absolute Gasteiger partial charge is 0.269 e. The Hall–Kier alpha value is -4.28. The molecule has 0 saturated heterocycles. The quantitative estimate of drug-likeness (QED) is 0.384. The molecule has 0 saturated carbocycles. The number of rotatable bonds is 5. The summed E-state index contributed by atoms with van der Waals surface area (Å²) in [6.45, 7) is 1.95. The maximum Gasteiger partial charge on any atom is 0.269 e. The minimum Gasteiger partial charge on any atom is -0.364 e. The van der Waals surface area contributed by atoms with Crippen LogP contribution in [0.5, 0.6) is 0 Å². The fourth-order valence-corrected chi connectivity index (χ4v) is 4.90. The largest absolute Gasteiger partial charge is 0.364 e. The number of anilines is 1. The van der Waals surface area contributed by atoms with Gasteiger partial charge in [-0.3, -0.25) is 9.59 Å². The minimum absolute atomic E-state index is 0.0381. The maximum absolute atomic E-state index is 12.8. The van der Waals surface area contributed by atoms with E-state index in [9.17, 15) is 18.0 Å². The fraction of sp³-hybridized carbons (Fsp3) is 0.115. The number of amides is 2. The van der Waals surface area contributed by atoms with Gasteiger partial charge in [-0.1, -0.05) is 23.8 Å². The molecule has 9 nitrogen and oxygen atoms in total. The third kappa shape index (κ3) is 4.28. The molecule has 1 aliphatic carbocycles. The molecule has 0 unspecified atom stereocenters. The Morgan fingerprint density at radius 1 is 0.972 bits per heavy atom. The number of nitrogens with zero attached hydrogens (tertiary/aromatic N) is 2. The van der Waals surface area contributed by atoms with E-state index in [0.29, 0.717) is 41.0 Å². The van der Waals surface area contributed by atoms with Crippen LogP contribution < -0.4 is 16.2 Å². The molecule has 4 aromatic rings. The van der Waals surface area contributed by atoms with Crippen LogP contribution >= 0.6 is 0 Å². The molecule has 5 rings (SSSR count). The first-order valence-corrected chi connectivity index (χ1v) is 12.7. The number of benzene rings is 3. The molecule has 2 amide bonds. The van der Waals surface area contributed by atoms with E-state index in [4.69, 9.17) is 10.9 Å². The summed E-state index contributed by atoms with van der Waals surface area (Å²) in [5.74, 6) is -0.894. The van der Waals surface area contributed by atoms with Gasteiger partial charge >= 0.3 is 0 Å². The van der Waals surface area contributed by atoms with E-state index in [1.807, 2.05) is 37.3 Å². The molecule has 0 bridgehead atoms. The van der Waals surface area contributed by atoms with Gasteiger partial charge in [-0.25, -0.2) is 18.2 Å². The van der Waals surface area contributed by atoms with E-state index < -0.39 is 15.9 Å².